The first-order valence-electron chi connectivity index (χ1n) is 13.1. The molecular formula is C27H31N7O8S2. The van der Waals surface area contributed by atoms with Crippen molar-refractivity contribution < 1.29 is 36.4 Å². The molecule has 0 saturated carbocycles. The van der Waals surface area contributed by atoms with Crippen LogP contribution in [0.5, 0.6) is 0 Å². The number of amides is 3. The minimum atomic E-state index is -3.90. The summed E-state index contributed by atoms with van der Waals surface area (Å²) in [7, 11) is -6.43. The predicted octanol–water partition coefficient (Wildman–Crippen LogP) is 1.98. The first kappa shape index (κ1) is 32.2. The average molecular weight is 646 g/mol. The number of primary sulfonamides is 1. The molecule has 0 atom stereocenters. The van der Waals surface area contributed by atoms with Crippen LogP contribution in [0.25, 0.3) is 0 Å². The molecule has 4 rings (SSSR count). The number of anilines is 2. The number of carbonyl (C=O) groups is 2. The Morgan fingerprint density at radius 3 is 1.82 bits per heavy atom. The molecular weight excluding hydrogens is 614 g/mol. The minimum absolute atomic E-state index is 0.0340. The number of methoxy groups -OCH3 is 1. The van der Waals surface area contributed by atoms with Crippen LogP contribution in [0.1, 0.15) is 11.1 Å². The highest BCUT2D eigenvalue weighted by atomic mass is 32.2. The number of nitrogens with two attached hydrogens (primary N) is 1. The fraction of sp³-hybridized carbons (Fsp3) is 0.222. The van der Waals surface area contributed by atoms with E-state index < -0.39 is 32.2 Å². The molecule has 0 unspecified atom stereocenters. The van der Waals surface area contributed by atoms with E-state index >= 15 is 0 Å². The number of rotatable bonds is 8. The molecule has 1 aliphatic heterocycles. The SMILES string of the molecule is COC(=O)N1CCN(C(=NO)c2ccc(NC(=O)Nc3ccc(S(=O)(=O)NCc4ccc(S(N)(=O)=O)cc4)cc3)cc2)CC1. The third kappa shape index (κ3) is 8.22. The number of oxime groups is 1. The van der Waals surface area contributed by atoms with E-state index in [4.69, 9.17) is 9.88 Å². The second-order valence-electron chi connectivity index (χ2n) is 9.56. The van der Waals surface area contributed by atoms with E-state index in [0.717, 1.165) is 0 Å². The van der Waals surface area contributed by atoms with Gasteiger partial charge in [-0.25, -0.2) is 36.3 Å². The molecule has 0 spiro atoms. The smallest absolute Gasteiger partial charge is 0.409 e. The third-order valence-electron chi connectivity index (χ3n) is 6.65. The van der Waals surface area contributed by atoms with Crippen LogP contribution in [0.3, 0.4) is 0 Å². The van der Waals surface area contributed by atoms with Crippen LogP contribution in [-0.2, 0) is 31.3 Å². The molecule has 0 aromatic heterocycles. The number of benzene rings is 3. The van der Waals surface area contributed by atoms with Gasteiger partial charge >= 0.3 is 12.1 Å². The van der Waals surface area contributed by atoms with Gasteiger partial charge in [0, 0.05) is 49.7 Å². The van der Waals surface area contributed by atoms with Crippen LogP contribution in [0.15, 0.2) is 87.7 Å². The molecule has 17 heteroatoms. The molecule has 1 fully saturated rings. The molecule has 3 aromatic carbocycles. The van der Waals surface area contributed by atoms with Crippen LogP contribution >= 0.6 is 0 Å². The summed E-state index contributed by atoms with van der Waals surface area (Å²) in [4.78, 5) is 27.5. The Hall–Kier alpha value is -4.71. The first-order valence-corrected chi connectivity index (χ1v) is 16.1. The highest BCUT2D eigenvalue weighted by Crippen LogP contribution is 2.18. The van der Waals surface area contributed by atoms with Crippen molar-refractivity contribution >= 4 is 49.4 Å². The van der Waals surface area contributed by atoms with Crippen LogP contribution in [0.4, 0.5) is 21.0 Å². The average Bonchev–Trinajstić information content (AvgIpc) is 3.01. The Labute approximate surface area is 254 Å². The van der Waals surface area contributed by atoms with E-state index in [2.05, 4.69) is 20.5 Å². The summed E-state index contributed by atoms with van der Waals surface area (Å²) >= 11 is 0. The van der Waals surface area contributed by atoms with Gasteiger partial charge in [0.2, 0.25) is 20.0 Å². The molecule has 0 bridgehead atoms. The standard InChI is InChI=1S/C27H31N7O8S2/c1-42-27(36)34-16-14-33(15-17-34)25(32-37)20-4-6-21(7-5-20)30-26(35)31-22-8-12-24(13-9-22)44(40,41)29-18-19-2-10-23(11-3-19)43(28,38)39/h2-13,29,37H,14-18H2,1H3,(H2,28,38,39)(H2,30,31,35). The number of carbonyl (C=O) groups excluding carboxylic acids is 2. The Morgan fingerprint density at radius 1 is 0.818 bits per heavy atom. The van der Waals surface area contributed by atoms with Crippen molar-refractivity contribution in [1.82, 2.24) is 14.5 Å². The fourth-order valence-corrected chi connectivity index (χ4v) is 5.84. The van der Waals surface area contributed by atoms with E-state index in [-0.39, 0.29) is 16.3 Å². The summed E-state index contributed by atoms with van der Waals surface area (Å²) < 4.78 is 55.3. The van der Waals surface area contributed by atoms with Gasteiger partial charge in [0.15, 0.2) is 5.84 Å². The highest BCUT2D eigenvalue weighted by Gasteiger charge is 2.24. The number of piperazine rings is 1. The van der Waals surface area contributed by atoms with Gasteiger partial charge in [-0.15, -0.1) is 0 Å². The summed E-state index contributed by atoms with van der Waals surface area (Å²) in [6.45, 7) is 1.64. The summed E-state index contributed by atoms with van der Waals surface area (Å²) in [6, 6.07) is 17.1. The maximum Gasteiger partial charge on any atom is 0.409 e. The third-order valence-corrected chi connectivity index (χ3v) is 8.99. The maximum atomic E-state index is 12.7. The zero-order valence-electron chi connectivity index (χ0n) is 23.5. The molecule has 0 radical (unpaired) electrons. The van der Waals surface area contributed by atoms with Gasteiger partial charge in [0.1, 0.15) is 0 Å². The van der Waals surface area contributed by atoms with Crippen LogP contribution in [-0.4, -0.2) is 83.1 Å². The van der Waals surface area contributed by atoms with E-state index in [1.54, 1.807) is 29.2 Å². The van der Waals surface area contributed by atoms with Gasteiger partial charge in [0.05, 0.1) is 16.9 Å². The lowest BCUT2D eigenvalue weighted by molar-refractivity contribution is 0.105. The van der Waals surface area contributed by atoms with E-state index in [0.29, 0.717) is 54.5 Å². The van der Waals surface area contributed by atoms with Crippen molar-refractivity contribution in [3.8, 4) is 0 Å². The molecule has 1 saturated heterocycles. The first-order chi connectivity index (χ1) is 20.9. The van der Waals surface area contributed by atoms with Gasteiger partial charge in [-0.3, -0.25) is 0 Å². The number of hydrogen-bond donors (Lipinski definition) is 5. The van der Waals surface area contributed by atoms with Gasteiger partial charge < -0.3 is 30.4 Å². The largest absolute Gasteiger partial charge is 0.453 e. The van der Waals surface area contributed by atoms with Crippen molar-refractivity contribution in [3.05, 3.63) is 83.9 Å². The Bertz CT molecular complexity index is 1720. The second kappa shape index (κ2) is 13.7. The summed E-state index contributed by atoms with van der Waals surface area (Å²) in [6.07, 6.45) is -0.413. The number of amidine groups is 1. The zero-order valence-corrected chi connectivity index (χ0v) is 25.1. The van der Waals surface area contributed by atoms with Gasteiger partial charge in [-0.1, -0.05) is 17.3 Å². The van der Waals surface area contributed by atoms with Crippen LogP contribution in [0, 0.1) is 0 Å². The summed E-state index contributed by atoms with van der Waals surface area (Å²) in [5.74, 6) is 0.329. The van der Waals surface area contributed by atoms with Gasteiger partial charge in [0.25, 0.3) is 0 Å². The molecule has 0 aliphatic carbocycles. The minimum Gasteiger partial charge on any atom is -0.453 e. The molecule has 3 amide bonds. The number of nitrogens with zero attached hydrogens (tertiary/aromatic N) is 3. The van der Waals surface area contributed by atoms with Gasteiger partial charge in [-0.2, -0.15) is 0 Å². The Kier molecular flexibility index (Phi) is 10.0. The number of sulfonamides is 2. The fourth-order valence-electron chi connectivity index (χ4n) is 4.31. The lowest BCUT2D eigenvalue weighted by Crippen LogP contribution is -2.50. The number of nitrogens with one attached hydrogen (secondary N) is 3. The molecule has 234 valence electrons. The normalized spacial score (nSPS) is 14.2. The van der Waals surface area contributed by atoms with Crippen molar-refractivity contribution in [1.29, 1.82) is 0 Å². The monoisotopic (exact) mass is 645 g/mol. The lowest BCUT2D eigenvalue weighted by atomic mass is 10.1. The summed E-state index contributed by atoms with van der Waals surface area (Å²) in [5.41, 5.74) is 1.94. The molecule has 3 aromatic rings. The van der Waals surface area contributed by atoms with Crippen molar-refractivity contribution in [3.63, 3.8) is 0 Å². The van der Waals surface area contributed by atoms with Crippen molar-refractivity contribution in [2.75, 3.05) is 43.9 Å². The molecule has 1 heterocycles. The number of urea groups is 1. The van der Waals surface area contributed by atoms with Crippen LogP contribution in [0.2, 0.25) is 0 Å². The Morgan fingerprint density at radius 2 is 1.32 bits per heavy atom. The lowest BCUT2D eigenvalue weighted by Gasteiger charge is -2.35. The summed E-state index contributed by atoms with van der Waals surface area (Å²) in [5, 5.41) is 23.4. The van der Waals surface area contributed by atoms with E-state index in [1.165, 1.54) is 55.6 Å². The molecule has 6 N–H and O–H groups in total. The van der Waals surface area contributed by atoms with E-state index in [9.17, 15) is 31.6 Å². The number of ether oxygens (including phenoxy) is 1. The van der Waals surface area contributed by atoms with E-state index in [1.807, 2.05) is 4.90 Å². The molecule has 15 nitrogen and oxygen atoms in total. The predicted molar refractivity (Wildman–Crippen MR) is 161 cm³/mol. The Balaban J connectivity index is 1.29. The topological polar surface area (TPSA) is 213 Å². The molecule has 44 heavy (non-hydrogen) atoms. The van der Waals surface area contributed by atoms with Crippen molar-refractivity contribution in [2.24, 2.45) is 10.3 Å². The quantitative estimate of drug-likeness (QED) is 0.105. The zero-order chi connectivity index (χ0) is 31.9. The number of hydrogen-bond acceptors (Lipinski definition) is 9. The highest BCUT2D eigenvalue weighted by molar-refractivity contribution is 7.89. The van der Waals surface area contributed by atoms with Gasteiger partial charge in [-0.05, 0) is 66.2 Å². The van der Waals surface area contributed by atoms with Crippen LogP contribution < -0.4 is 20.5 Å². The van der Waals surface area contributed by atoms with Crippen molar-refractivity contribution in [2.45, 2.75) is 16.3 Å². The maximum absolute atomic E-state index is 12.7. The molecule has 1 aliphatic rings. The second-order valence-corrected chi connectivity index (χ2v) is 12.9.